The number of benzene rings is 1. The van der Waals surface area contributed by atoms with Crippen LogP contribution in [0.3, 0.4) is 0 Å². The maximum Gasteiger partial charge on any atom is 0.400 e. The first-order chi connectivity index (χ1) is 11.6. The number of nitrogens with one attached hydrogen (secondary N) is 2. The molecule has 2 heterocycles. The molecule has 1 unspecified atom stereocenters. The molecule has 2 N–H and O–H groups in total. The van der Waals surface area contributed by atoms with Crippen molar-refractivity contribution in [2.75, 3.05) is 7.11 Å². The van der Waals surface area contributed by atoms with Crippen molar-refractivity contribution >= 4 is 10.9 Å². The monoisotopic (exact) mass is 327 g/mol. The van der Waals surface area contributed by atoms with Crippen LogP contribution in [-0.4, -0.2) is 17.1 Å². The maximum absolute atomic E-state index is 12.6. The number of hydrogen-bond acceptors (Lipinski definition) is 3. The van der Waals surface area contributed by atoms with Gasteiger partial charge in [0.2, 0.25) is 0 Å². The number of rotatable bonds is 5. The van der Waals surface area contributed by atoms with Gasteiger partial charge in [-0.15, -0.1) is 4.73 Å². The van der Waals surface area contributed by atoms with Crippen LogP contribution in [0.15, 0.2) is 35.3 Å². The standard InChI is InChI=1S/C18H21N3O3/c1-4-11(2)16-17(22)20-15(18(24-3)21(16)23)9-12-10-19-14-8-6-5-7-13(12)14/h5-8,10-11,19H,4,9H2,1-3H3,(H,20,22). The van der Waals surface area contributed by atoms with Crippen molar-refractivity contribution in [1.29, 1.82) is 0 Å². The third kappa shape index (κ3) is 2.64. The van der Waals surface area contributed by atoms with E-state index < -0.39 is 0 Å². The van der Waals surface area contributed by atoms with Crippen molar-refractivity contribution in [2.45, 2.75) is 32.6 Å². The van der Waals surface area contributed by atoms with Crippen LogP contribution in [0.5, 0.6) is 5.88 Å². The average Bonchev–Trinajstić information content (AvgIpc) is 2.98. The molecule has 3 aromatic rings. The average molecular weight is 327 g/mol. The predicted molar refractivity (Wildman–Crippen MR) is 92.4 cm³/mol. The lowest BCUT2D eigenvalue weighted by Crippen LogP contribution is -2.43. The van der Waals surface area contributed by atoms with Gasteiger partial charge in [0.25, 0.3) is 5.69 Å². The molecule has 0 aliphatic heterocycles. The molecule has 6 nitrogen and oxygen atoms in total. The highest BCUT2D eigenvalue weighted by atomic mass is 16.5. The Bertz CT molecular complexity index is 927. The van der Waals surface area contributed by atoms with Gasteiger partial charge >= 0.3 is 11.4 Å². The van der Waals surface area contributed by atoms with E-state index in [-0.39, 0.29) is 23.1 Å². The van der Waals surface area contributed by atoms with E-state index in [4.69, 9.17) is 4.74 Å². The molecule has 2 aromatic heterocycles. The molecule has 24 heavy (non-hydrogen) atoms. The number of para-hydroxylation sites is 1. The summed E-state index contributed by atoms with van der Waals surface area (Å²) in [6.07, 6.45) is 3.00. The van der Waals surface area contributed by atoms with E-state index in [9.17, 15) is 10.0 Å². The Kier molecular flexibility index (Phi) is 4.29. The highest BCUT2D eigenvalue weighted by Gasteiger charge is 2.26. The fourth-order valence-electron chi connectivity index (χ4n) is 2.99. The lowest BCUT2D eigenvalue weighted by Gasteiger charge is -2.13. The van der Waals surface area contributed by atoms with Gasteiger partial charge in [-0.2, -0.15) is 0 Å². The Morgan fingerprint density at radius 1 is 1.33 bits per heavy atom. The van der Waals surface area contributed by atoms with E-state index in [0.717, 1.165) is 16.5 Å². The maximum atomic E-state index is 12.6. The van der Waals surface area contributed by atoms with E-state index in [1.165, 1.54) is 7.11 Å². The third-order valence-electron chi connectivity index (χ3n) is 4.47. The van der Waals surface area contributed by atoms with Crippen LogP contribution in [0.4, 0.5) is 0 Å². The minimum Gasteiger partial charge on any atom is -0.616 e. The Hall–Kier alpha value is -2.76. The summed E-state index contributed by atoms with van der Waals surface area (Å²) in [7, 11) is 1.45. The quantitative estimate of drug-likeness (QED) is 0.558. The smallest absolute Gasteiger partial charge is 0.400 e. The summed E-state index contributed by atoms with van der Waals surface area (Å²) in [6, 6.07) is 7.90. The Morgan fingerprint density at radius 3 is 2.79 bits per heavy atom. The SMILES string of the molecule is CCC(C)c1c(=O)[nH]c(Cc2c[nH]c3ccccc23)c(OC)[n+]1[O-]. The van der Waals surface area contributed by atoms with Crippen LogP contribution in [0.2, 0.25) is 0 Å². The summed E-state index contributed by atoms with van der Waals surface area (Å²) in [4.78, 5) is 18.4. The van der Waals surface area contributed by atoms with Crippen LogP contribution >= 0.6 is 0 Å². The minimum absolute atomic E-state index is 0.137. The van der Waals surface area contributed by atoms with Gasteiger partial charge in [-0.05, 0) is 18.1 Å². The van der Waals surface area contributed by atoms with Crippen molar-refractivity contribution in [3.63, 3.8) is 0 Å². The molecule has 0 saturated carbocycles. The van der Waals surface area contributed by atoms with E-state index in [1.54, 1.807) is 0 Å². The fraction of sp³-hybridized carbons (Fsp3) is 0.333. The molecular weight excluding hydrogens is 306 g/mol. The molecule has 0 bridgehead atoms. The molecule has 3 rings (SSSR count). The summed E-state index contributed by atoms with van der Waals surface area (Å²) >= 11 is 0. The second-order valence-electron chi connectivity index (χ2n) is 5.97. The van der Waals surface area contributed by atoms with Crippen molar-refractivity contribution in [3.05, 3.63) is 63.0 Å². The number of nitrogens with zero attached hydrogens (tertiary/aromatic N) is 1. The zero-order valence-corrected chi connectivity index (χ0v) is 14.1. The number of hydrogen-bond donors (Lipinski definition) is 2. The molecule has 0 fully saturated rings. The first kappa shape index (κ1) is 16.1. The largest absolute Gasteiger partial charge is 0.616 e. The zero-order valence-electron chi connectivity index (χ0n) is 14.1. The van der Waals surface area contributed by atoms with Crippen LogP contribution in [0, 0.1) is 5.21 Å². The number of fused-ring (bicyclic) bond motifs is 1. The van der Waals surface area contributed by atoms with E-state index in [0.29, 0.717) is 23.3 Å². The van der Waals surface area contributed by atoms with Gasteiger partial charge < -0.3 is 19.9 Å². The summed E-state index contributed by atoms with van der Waals surface area (Å²) < 4.78 is 5.93. The molecule has 1 aromatic carbocycles. The summed E-state index contributed by atoms with van der Waals surface area (Å²) in [5, 5.41) is 13.7. The topological polar surface area (TPSA) is 84.8 Å². The first-order valence-electron chi connectivity index (χ1n) is 8.04. The first-order valence-corrected chi connectivity index (χ1v) is 8.04. The lowest BCUT2D eigenvalue weighted by atomic mass is 10.0. The molecule has 0 aliphatic carbocycles. The number of methoxy groups -OCH3 is 1. The number of H-pyrrole nitrogens is 2. The van der Waals surface area contributed by atoms with Gasteiger partial charge in [0.05, 0.1) is 7.11 Å². The minimum atomic E-state index is -0.352. The van der Waals surface area contributed by atoms with Gasteiger partial charge in [-0.1, -0.05) is 32.0 Å². The predicted octanol–water partition coefficient (Wildman–Crippen LogP) is 2.60. The molecule has 1 atom stereocenters. The Balaban J connectivity index is 2.10. The van der Waals surface area contributed by atoms with Gasteiger partial charge in [0.1, 0.15) is 5.69 Å². The van der Waals surface area contributed by atoms with E-state index in [1.807, 2.05) is 44.3 Å². The van der Waals surface area contributed by atoms with Crippen LogP contribution in [-0.2, 0) is 6.42 Å². The van der Waals surface area contributed by atoms with Crippen molar-refractivity contribution in [1.82, 2.24) is 9.97 Å². The molecule has 0 saturated heterocycles. The molecular formula is C18H21N3O3. The highest BCUT2D eigenvalue weighted by molar-refractivity contribution is 5.83. The summed E-state index contributed by atoms with van der Waals surface area (Å²) in [6.45, 7) is 3.80. The summed E-state index contributed by atoms with van der Waals surface area (Å²) in [5.74, 6) is 0.0115. The van der Waals surface area contributed by atoms with Crippen molar-refractivity contribution in [2.24, 2.45) is 0 Å². The zero-order chi connectivity index (χ0) is 17.3. The third-order valence-corrected chi connectivity index (χ3v) is 4.47. The molecule has 126 valence electrons. The molecule has 0 spiro atoms. The normalized spacial score (nSPS) is 12.5. The van der Waals surface area contributed by atoms with Gasteiger partial charge in [-0.3, -0.25) is 4.79 Å². The van der Waals surface area contributed by atoms with E-state index in [2.05, 4.69) is 9.97 Å². The Morgan fingerprint density at radius 2 is 2.08 bits per heavy atom. The number of ether oxygens (including phenoxy) is 1. The van der Waals surface area contributed by atoms with Crippen molar-refractivity contribution in [3.8, 4) is 5.88 Å². The second kappa shape index (κ2) is 6.39. The molecule has 0 aliphatic rings. The van der Waals surface area contributed by atoms with Gasteiger partial charge in [0.15, 0.2) is 0 Å². The van der Waals surface area contributed by atoms with Gasteiger partial charge in [0, 0.05) is 29.4 Å². The molecule has 0 amide bonds. The van der Waals surface area contributed by atoms with Gasteiger partial charge in [-0.25, -0.2) is 0 Å². The van der Waals surface area contributed by atoms with E-state index >= 15 is 0 Å². The number of aromatic amines is 2. The number of aromatic nitrogens is 3. The fourth-order valence-corrected chi connectivity index (χ4v) is 2.99. The summed E-state index contributed by atoms with van der Waals surface area (Å²) in [5.41, 5.74) is 2.33. The Labute approximate surface area is 139 Å². The lowest BCUT2D eigenvalue weighted by molar-refractivity contribution is -0.624. The van der Waals surface area contributed by atoms with Crippen LogP contribution in [0.25, 0.3) is 10.9 Å². The second-order valence-corrected chi connectivity index (χ2v) is 5.97. The highest BCUT2D eigenvalue weighted by Crippen LogP contribution is 2.23. The van der Waals surface area contributed by atoms with Crippen LogP contribution in [0.1, 0.15) is 43.1 Å². The van der Waals surface area contributed by atoms with Crippen molar-refractivity contribution < 1.29 is 9.47 Å². The van der Waals surface area contributed by atoms with Crippen LogP contribution < -0.4 is 15.0 Å². The molecule has 6 heteroatoms. The molecule has 0 radical (unpaired) electrons.